The minimum atomic E-state index is -0.735. The normalized spacial score (nSPS) is 11.4. The van der Waals surface area contributed by atoms with Crippen LogP contribution in [0.3, 0.4) is 0 Å². The lowest BCUT2D eigenvalue weighted by molar-refractivity contribution is 0.0516. The van der Waals surface area contributed by atoms with Gasteiger partial charge in [0.1, 0.15) is 5.03 Å². The zero-order chi connectivity index (χ0) is 19.4. The molecule has 0 radical (unpaired) electrons. The number of hydrogen-bond donors (Lipinski definition) is 1. The SMILES string of the molecule is CSc1nn(-c2ccccc2)cc1C(N)=NOC(=O)c1ccc(Cl)cc1Cl. The minimum Gasteiger partial charge on any atom is -0.380 e. The number of rotatable bonds is 5. The van der Waals surface area contributed by atoms with E-state index in [4.69, 9.17) is 33.8 Å². The Morgan fingerprint density at radius 3 is 2.59 bits per heavy atom. The Morgan fingerprint density at radius 2 is 1.93 bits per heavy atom. The fourth-order valence-corrected chi connectivity index (χ4v) is 3.27. The Balaban J connectivity index is 1.83. The van der Waals surface area contributed by atoms with E-state index in [0.29, 0.717) is 15.6 Å². The fraction of sp³-hybridized carbons (Fsp3) is 0.0556. The van der Waals surface area contributed by atoms with Gasteiger partial charge in [-0.15, -0.1) is 11.8 Å². The number of nitrogens with two attached hydrogens (primary N) is 1. The molecule has 0 saturated heterocycles. The Bertz CT molecular complexity index is 1010. The number of para-hydroxylation sites is 1. The maximum atomic E-state index is 12.2. The van der Waals surface area contributed by atoms with Crippen LogP contribution in [-0.4, -0.2) is 27.8 Å². The summed E-state index contributed by atoms with van der Waals surface area (Å²) in [5, 5.41) is 9.45. The molecule has 3 rings (SSSR count). The van der Waals surface area contributed by atoms with Gasteiger partial charge in [0.25, 0.3) is 0 Å². The Labute approximate surface area is 169 Å². The number of carbonyl (C=O) groups is 1. The molecular weight excluding hydrogens is 407 g/mol. The second-order valence-electron chi connectivity index (χ2n) is 5.31. The third-order valence-electron chi connectivity index (χ3n) is 3.55. The molecule has 0 fully saturated rings. The van der Waals surface area contributed by atoms with Crippen molar-refractivity contribution in [1.29, 1.82) is 0 Å². The zero-order valence-corrected chi connectivity index (χ0v) is 16.4. The molecule has 0 aliphatic rings. The molecule has 0 atom stereocenters. The van der Waals surface area contributed by atoms with E-state index < -0.39 is 5.97 Å². The first-order valence-corrected chi connectivity index (χ1v) is 9.67. The van der Waals surface area contributed by atoms with Crippen LogP contribution in [0.5, 0.6) is 0 Å². The van der Waals surface area contributed by atoms with E-state index in [1.165, 1.54) is 30.0 Å². The van der Waals surface area contributed by atoms with Crippen LogP contribution >= 0.6 is 35.0 Å². The van der Waals surface area contributed by atoms with Gasteiger partial charge in [-0.05, 0) is 36.6 Å². The summed E-state index contributed by atoms with van der Waals surface area (Å²) in [7, 11) is 0. The van der Waals surface area contributed by atoms with Crippen LogP contribution in [-0.2, 0) is 4.84 Å². The second kappa shape index (κ2) is 8.47. The molecule has 0 saturated carbocycles. The molecule has 2 aromatic carbocycles. The molecule has 0 amide bonds. The molecular formula is C18H14Cl2N4O2S. The molecule has 0 unspecified atom stereocenters. The summed E-state index contributed by atoms with van der Waals surface area (Å²) in [6.45, 7) is 0. The molecule has 138 valence electrons. The van der Waals surface area contributed by atoms with E-state index in [2.05, 4.69) is 10.3 Å². The Morgan fingerprint density at radius 1 is 1.19 bits per heavy atom. The van der Waals surface area contributed by atoms with Crippen LogP contribution in [0.1, 0.15) is 15.9 Å². The lowest BCUT2D eigenvalue weighted by atomic mass is 10.2. The maximum absolute atomic E-state index is 12.2. The Hall–Kier alpha value is -2.48. The third-order valence-corrected chi connectivity index (χ3v) is 4.78. The molecule has 0 aliphatic carbocycles. The largest absolute Gasteiger partial charge is 0.380 e. The quantitative estimate of drug-likeness (QED) is 0.217. The first-order valence-electron chi connectivity index (χ1n) is 7.69. The predicted molar refractivity (Wildman–Crippen MR) is 108 cm³/mol. The van der Waals surface area contributed by atoms with Gasteiger partial charge >= 0.3 is 5.97 Å². The highest BCUT2D eigenvalue weighted by molar-refractivity contribution is 7.98. The predicted octanol–water partition coefficient (Wildman–Crippen LogP) is 4.38. The molecule has 1 heterocycles. The number of amidine groups is 1. The molecule has 0 spiro atoms. The summed E-state index contributed by atoms with van der Waals surface area (Å²) in [5.74, 6) is -0.708. The number of benzene rings is 2. The standard InChI is InChI=1S/C18H14Cl2N4O2S/c1-27-17-14(10-24(22-17)12-5-3-2-4-6-12)16(21)23-26-18(25)13-8-7-11(19)9-15(13)20/h2-10H,1H3,(H2,21,23). The molecule has 3 aromatic rings. The van der Waals surface area contributed by atoms with E-state index in [9.17, 15) is 4.79 Å². The zero-order valence-electron chi connectivity index (χ0n) is 14.1. The van der Waals surface area contributed by atoms with Gasteiger partial charge in [0.05, 0.1) is 21.8 Å². The van der Waals surface area contributed by atoms with Gasteiger partial charge in [-0.3, -0.25) is 0 Å². The molecule has 0 bridgehead atoms. The lowest BCUT2D eigenvalue weighted by Gasteiger charge is -2.03. The van der Waals surface area contributed by atoms with Crippen LogP contribution in [0.4, 0.5) is 0 Å². The molecule has 0 aliphatic heterocycles. The molecule has 9 heteroatoms. The maximum Gasteiger partial charge on any atom is 0.367 e. The summed E-state index contributed by atoms with van der Waals surface area (Å²) in [5.41, 5.74) is 7.57. The number of thioether (sulfide) groups is 1. The van der Waals surface area contributed by atoms with Crippen molar-refractivity contribution in [3.8, 4) is 5.69 Å². The van der Waals surface area contributed by atoms with Crippen molar-refractivity contribution in [2.75, 3.05) is 6.26 Å². The summed E-state index contributed by atoms with van der Waals surface area (Å²) in [6.07, 6.45) is 3.59. The van der Waals surface area contributed by atoms with Crippen molar-refractivity contribution in [3.05, 3.63) is 75.9 Å². The van der Waals surface area contributed by atoms with Crippen LogP contribution in [0, 0.1) is 0 Å². The van der Waals surface area contributed by atoms with Crippen molar-refractivity contribution in [1.82, 2.24) is 9.78 Å². The lowest BCUT2D eigenvalue weighted by Crippen LogP contribution is -2.15. The van der Waals surface area contributed by atoms with Crippen molar-refractivity contribution < 1.29 is 9.63 Å². The van der Waals surface area contributed by atoms with Crippen LogP contribution in [0.25, 0.3) is 5.69 Å². The van der Waals surface area contributed by atoms with Crippen LogP contribution in [0.2, 0.25) is 10.0 Å². The first kappa shape index (κ1) is 19.3. The van der Waals surface area contributed by atoms with E-state index in [-0.39, 0.29) is 16.4 Å². The van der Waals surface area contributed by atoms with Gasteiger partial charge in [0, 0.05) is 11.2 Å². The van der Waals surface area contributed by atoms with Crippen molar-refractivity contribution in [2.45, 2.75) is 5.03 Å². The van der Waals surface area contributed by atoms with E-state index in [1.54, 1.807) is 10.9 Å². The molecule has 6 nitrogen and oxygen atoms in total. The monoisotopic (exact) mass is 420 g/mol. The van der Waals surface area contributed by atoms with Gasteiger partial charge in [-0.25, -0.2) is 9.48 Å². The highest BCUT2D eigenvalue weighted by Gasteiger charge is 2.16. The van der Waals surface area contributed by atoms with Gasteiger partial charge in [0.2, 0.25) is 0 Å². The number of hydrogen-bond acceptors (Lipinski definition) is 5. The van der Waals surface area contributed by atoms with E-state index >= 15 is 0 Å². The van der Waals surface area contributed by atoms with E-state index in [1.807, 2.05) is 36.6 Å². The van der Waals surface area contributed by atoms with Gasteiger partial charge < -0.3 is 10.6 Å². The summed E-state index contributed by atoms with van der Waals surface area (Å²) < 4.78 is 1.68. The number of carbonyl (C=O) groups excluding carboxylic acids is 1. The molecule has 27 heavy (non-hydrogen) atoms. The first-order chi connectivity index (χ1) is 13.0. The summed E-state index contributed by atoms with van der Waals surface area (Å²) in [4.78, 5) is 17.1. The topological polar surface area (TPSA) is 82.5 Å². The average molecular weight is 421 g/mol. The third kappa shape index (κ3) is 4.44. The van der Waals surface area contributed by atoms with Crippen molar-refractivity contribution in [3.63, 3.8) is 0 Å². The molecule has 2 N–H and O–H groups in total. The van der Waals surface area contributed by atoms with Crippen LogP contribution in [0.15, 0.2) is 64.9 Å². The summed E-state index contributed by atoms with van der Waals surface area (Å²) >= 11 is 13.2. The number of oxime groups is 1. The van der Waals surface area contributed by atoms with Crippen molar-refractivity contribution >= 4 is 46.8 Å². The number of nitrogens with zero attached hydrogens (tertiary/aromatic N) is 3. The fourth-order valence-electron chi connectivity index (χ4n) is 2.24. The summed E-state index contributed by atoms with van der Waals surface area (Å²) in [6, 6.07) is 14.0. The van der Waals surface area contributed by atoms with E-state index in [0.717, 1.165) is 5.69 Å². The smallest absolute Gasteiger partial charge is 0.367 e. The van der Waals surface area contributed by atoms with Crippen molar-refractivity contribution in [2.24, 2.45) is 10.9 Å². The molecule has 1 aromatic heterocycles. The average Bonchev–Trinajstić information content (AvgIpc) is 3.11. The highest BCUT2D eigenvalue weighted by Crippen LogP contribution is 2.23. The van der Waals surface area contributed by atoms with Gasteiger partial charge in [0.15, 0.2) is 5.84 Å². The van der Waals surface area contributed by atoms with Crippen LogP contribution < -0.4 is 5.73 Å². The highest BCUT2D eigenvalue weighted by atomic mass is 35.5. The second-order valence-corrected chi connectivity index (χ2v) is 6.95. The Kier molecular flexibility index (Phi) is 6.05. The van der Waals surface area contributed by atoms with Gasteiger partial charge in [-0.1, -0.05) is 46.6 Å². The number of halogens is 2. The minimum absolute atomic E-state index is 0.0277. The number of aromatic nitrogens is 2. The van der Waals surface area contributed by atoms with Gasteiger partial charge in [-0.2, -0.15) is 5.10 Å².